The van der Waals surface area contributed by atoms with E-state index in [4.69, 9.17) is 5.11 Å². The fourth-order valence-electron chi connectivity index (χ4n) is 2.78. The van der Waals surface area contributed by atoms with E-state index in [2.05, 4.69) is 10.1 Å². The van der Waals surface area contributed by atoms with Crippen LogP contribution in [0, 0.1) is 13.8 Å². The molecule has 4 nitrogen and oxygen atoms in total. The minimum atomic E-state index is -1.44. The third kappa shape index (κ3) is 2.22. The van der Waals surface area contributed by atoms with Gasteiger partial charge >= 0.3 is 0 Å². The largest absolute Gasteiger partial charge is 0.393 e. The minimum Gasteiger partial charge on any atom is -0.393 e. The molecule has 1 aromatic carbocycles. The van der Waals surface area contributed by atoms with Crippen LogP contribution < -0.4 is 0 Å². The number of aliphatic hydroxyl groups excluding tert-OH is 1. The Morgan fingerprint density at radius 3 is 2.80 bits per heavy atom. The Bertz CT molecular complexity index is 632. The highest BCUT2D eigenvalue weighted by Crippen LogP contribution is 2.46. The van der Waals surface area contributed by atoms with Crippen molar-refractivity contribution in [3.05, 3.63) is 41.5 Å². The first kappa shape index (κ1) is 13.2. The molecule has 0 aliphatic heterocycles. The van der Waals surface area contributed by atoms with Crippen LogP contribution in [0.2, 0.25) is 0 Å². The first-order valence-electron chi connectivity index (χ1n) is 6.81. The topological polar surface area (TPSA) is 50.9 Å². The summed E-state index contributed by atoms with van der Waals surface area (Å²) in [5, 5.41) is 13.4. The smallest absolute Gasteiger partial charge is 0.148 e. The summed E-state index contributed by atoms with van der Waals surface area (Å²) in [6, 6.07) is 8.00. The van der Waals surface area contributed by atoms with Gasteiger partial charge in [-0.2, -0.15) is 5.10 Å². The minimum absolute atomic E-state index is 0.0221. The second-order valence-electron chi connectivity index (χ2n) is 5.68. The van der Waals surface area contributed by atoms with E-state index in [9.17, 15) is 4.39 Å². The fourth-order valence-corrected chi connectivity index (χ4v) is 2.78. The third-order valence-corrected chi connectivity index (χ3v) is 3.86. The summed E-state index contributed by atoms with van der Waals surface area (Å²) in [4.78, 5) is 4.44. The van der Waals surface area contributed by atoms with E-state index in [1.807, 2.05) is 38.1 Å². The Balaban J connectivity index is 1.94. The number of halogens is 1. The molecule has 2 aromatic rings. The summed E-state index contributed by atoms with van der Waals surface area (Å²) in [6.07, 6.45) is 0.626. The van der Waals surface area contributed by atoms with Crippen molar-refractivity contribution in [3.63, 3.8) is 0 Å². The van der Waals surface area contributed by atoms with E-state index in [1.54, 1.807) is 4.68 Å². The lowest BCUT2D eigenvalue weighted by atomic mass is 9.72. The first-order chi connectivity index (χ1) is 9.50. The maximum atomic E-state index is 13.9. The number of benzene rings is 1. The van der Waals surface area contributed by atoms with Gasteiger partial charge in [-0.25, -0.2) is 14.1 Å². The molecule has 0 bridgehead atoms. The van der Waals surface area contributed by atoms with Crippen LogP contribution in [-0.4, -0.2) is 32.1 Å². The number of aliphatic hydroxyl groups is 1. The lowest BCUT2D eigenvalue weighted by molar-refractivity contribution is -0.0163. The second kappa shape index (κ2) is 4.66. The molecule has 0 atom stereocenters. The van der Waals surface area contributed by atoms with Crippen LogP contribution in [0.15, 0.2) is 24.3 Å². The molecule has 1 N–H and O–H groups in total. The van der Waals surface area contributed by atoms with Gasteiger partial charge in [0.05, 0.1) is 12.3 Å². The first-order valence-corrected chi connectivity index (χ1v) is 6.81. The molecule has 1 aromatic heterocycles. The number of aryl methyl sites for hydroxylation is 2. The fraction of sp³-hybridized carbons (Fsp3) is 0.467. The monoisotopic (exact) mass is 275 g/mol. The average molecular weight is 275 g/mol. The molecule has 0 unspecified atom stereocenters. The molecular weight excluding hydrogens is 257 g/mol. The van der Waals surface area contributed by atoms with Crippen molar-refractivity contribution >= 4 is 0 Å². The van der Waals surface area contributed by atoms with Crippen LogP contribution in [0.5, 0.6) is 0 Å². The highest BCUT2D eigenvalue weighted by Gasteiger charge is 2.47. The molecule has 1 aliphatic carbocycles. The van der Waals surface area contributed by atoms with Crippen LogP contribution in [0.3, 0.4) is 0 Å². The van der Waals surface area contributed by atoms with Gasteiger partial charge in [0, 0.05) is 5.92 Å². The van der Waals surface area contributed by atoms with Crippen LogP contribution >= 0.6 is 0 Å². The Hall–Kier alpha value is -1.75. The maximum absolute atomic E-state index is 13.9. The van der Waals surface area contributed by atoms with Crippen molar-refractivity contribution in [2.75, 3.05) is 6.61 Å². The van der Waals surface area contributed by atoms with Gasteiger partial charge in [0.15, 0.2) is 0 Å². The molecule has 1 heterocycles. The number of alkyl halides is 1. The molecule has 20 heavy (non-hydrogen) atoms. The maximum Gasteiger partial charge on any atom is 0.148 e. The van der Waals surface area contributed by atoms with E-state index in [1.165, 1.54) is 0 Å². The molecule has 0 radical (unpaired) electrons. The zero-order chi connectivity index (χ0) is 14.3. The van der Waals surface area contributed by atoms with Crippen molar-refractivity contribution in [1.82, 2.24) is 14.8 Å². The molecule has 1 saturated carbocycles. The Labute approximate surface area is 117 Å². The second-order valence-corrected chi connectivity index (χ2v) is 5.68. The normalized spacial score (nSPS) is 25.5. The number of hydrogen-bond acceptors (Lipinski definition) is 3. The van der Waals surface area contributed by atoms with Crippen molar-refractivity contribution in [3.8, 4) is 5.69 Å². The molecule has 3 rings (SSSR count). The Kier molecular flexibility index (Phi) is 3.09. The van der Waals surface area contributed by atoms with Gasteiger partial charge < -0.3 is 5.11 Å². The van der Waals surface area contributed by atoms with E-state index in [0.717, 1.165) is 17.1 Å². The molecule has 5 heteroatoms. The molecule has 1 aliphatic rings. The van der Waals surface area contributed by atoms with Gasteiger partial charge in [-0.3, -0.25) is 0 Å². The van der Waals surface area contributed by atoms with Crippen LogP contribution in [0.4, 0.5) is 4.39 Å². The predicted octanol–water partition coefficient (Wildman–Crippen LogP) is 2.46. The van der Waals surface area contributed by atoms with E-state index in [0.29, 0.717) is 18.7 Å². The lowest BCUT2D eigenvalue weighted by Gasteiger charge is -2.39. The van der Waals surface area contributed by atoms with E-state index >= 15 is 0 Å². The summed E-state index contributed by atoms with van der Waals surface area (Å²) in [5.41, 5.74) is 0.647. The molecule has 106 valence electrons. The number of rotatable bonds is 3. The SMILES string of the molecule is Cc1cccc(-n2nc(C)nc2C2CC(F)(CO)C2)c1. The zero-order valence-corrected chi connectivity index (χ0v) is 11.7. The standard InChI is InChI=1S/C15H18FN3O/c1-10-4-3-5-13(6-10)19-14(17-11(2)18-19)12-7-15(16,8-12)9-20/h3-6,12,20H,7-9H2,1-2H3. The average Bonchev–Trinajstić information content (AvgIpc) is 2.77. The summed E-state index contributed by atoms with van der Waals surface area (Å²) >= 11 is 0. The third-order valence-electron chi connectivity index (χ3n) is 3.86. The van der Waals surface area contributed by atoms with Gasteiger partial charge in [-0.15, -0.1) is 0 Å². The summed E-state index contributed by atoms with van der Waals surface area (Å²) in [6.45, 7) is 3.44. The highest BCUT2D eigenvalue weighted by molar-refractivity contribution is 5.36. The number of hydrogen-bond donors (Lipinski definition) is 1. The summed E-state index contributed by atoms with van der Waals surface area (Å²) in [7, 11) is 0. The lowest BCUT2D eigenvalue weighted by Crippen LogP contribution is -2.42. The quantitative estimate of drug-likeness (QED) is 0.936. The molecule has 0 amide bonds. The highest BCUT2D eigenvalue weighted by atomic mass is 19.1. The zero-order valence-electron chi connectivity index (χ0n) is 11.7. The predicted molar refractivity (Wildman–Crippen MR) is 73.7 cm³/mol. The Morgan fingerprint density at radius 1 is 1.40 bits per heavy atom. The molecule has 0 saturated heterocycles. The van der Waals surface area contributed by atoms with Crippen molar-refractivity contribution in [2.24, 2.45) is 0 Å². The molecular formula is C15H18FN3O. The summed E-state index contributed by atoms with van der Waals surface area (Å²) in [5.74, 6) is 1.49. The molecule has 0 spiro atoms. The van der Waals surface area contributed by atoms with Gasteiger partial charge in [0.2, 0.25) is 0 Å². The van der Waals surface area contributed by atoms with Crippen LogP contribution in [0.25, 0.3) is 5.69 Å². The van der Waals surface area contributed by atoms with Crippen molar-refractivity contribution < 1.29 is 9.50 Å². The van der Waals surface area contributed by atoms with Crippen molar-refractivity contribution in [1.29, 1.82) is 0 Å². The number of aromatic nitrogens is 3. The van der Waals surface area contributed by atoms with Gasteiger partial charge in [-0.1, -0.05) is 12.1 Å². The number of nitrogens with zero attached hydrogens (tertiary/aromatic N) is 3. The molecule has 1 fully saturated rings. The van der Waals surface area contributed by atoms with Crippen LogP contribution in [-0.2, 0) is 0 Å². The van der Waals surface area contributed by atoms with Gasteiger partial charge in [0.25, 0.3) is 0 Å². The summed E-state index contributed by atoms with van der Waals surface area (Å²) < 4.78 is 15.7. The van der Waals surface area contributed by atoms with E-state index in [-0.39, 0.29) is 5.92 Å². The Morgan fingerprint density at radius 2 is 2.15 bits per heavy atom. The van der Waals surface area contributed by atoms with Crippen molar-refractivity contribution in [2.45, 2.75) is 38.3 Å². The van der Waals surface area contributed by atoms with Crippen LogP contribution in [0.1, 0.15) is 36.0 Å². The van der Waals surface area contributed by atoms with Gasteiger partial charge in [0.1, 0.15) is 17.3 Å². The van der Waals surface area contributed by atoms with E-state index < -0.39 is 12.3 Å². The van der Waals surface area contributed by atoms with Gasteiger partial charge in [-0.05, 0) is 44.4 Å².